The van der Waals surface area contributed by atoms with Crippen LogP contribution in [0.25, 0.3) is 11.1 Å². The number of halogens is 5. The number of nitrogens with zero attached hydrogens (tertiary/aromatic N) is 6. The van der Waals surface area contributed by atoms with Gasteiger partial charge in [0.15, 0.2) is 0 Å². The Morgan fingerprint density at radius 3 is 2.16 bits per heavy atom. The van der Waals surface area contributed by atoms with E-state index in [2.05, 4.69) is 40.9 Å². The molecule has 2 fully saturated rings. The molecule has 3 aromatic rings. The number of urea groups is 1. The van der Waals surface area contributed by atoms with E-state index in [9.17, 15) is 26.7 Å². The summed E-state index contributed by atoms with van der Waals surface area (Å²) in [4.78, 5) is 35.0. The monoisotopic (exact) mass is 607 g/mol. The first-order valence-corrected chi connectivity index (χ1v) is 13.8. The Morgan fingerprint density at radius 2 is 1.58 bits per heavy atom. The van der Waals surface area contributed by atoms with Gasteiger partial charge < -0.3 is 20.7 Å². The van der Waals surface area contributed by atoms with E-state index >= 15 is 0 Å². The SMILES string of the molecule is COc1ncc(-c2ccc(N(C(=O)NCC(F)F)[C@H]3CC[C@H](Nc4ncc(C(F)(F)F)c(NC5CC5)n4)CC3)nc2)cn1. The zero-order valence-electron chi connectivity index (χ0n) is 23.1. The highest BCUT2D eigenvalue weighted by Gasteiger charge is 2.37. The van der Waals surface area contributed by atoms with Crippen molar-refractivity contribution in [1.82, 2.24) is 30.2 Å². The molecule has 43 heavy (non-hydrogen) atoms. The topological polar surface area (TPSA) is 130 Å². The van der Waals surface area contributed by atoms with E-state index in [4.69, 9.17) is 4.74 Å². The van der Waals surface area contributed by atoms with Gasteiger partial charge in [-0.1, -0.05) is 0 Å². The molecule has 2 aliphatic rings. The number of hydrogen-bond acceptors (Lipinski definition) is 9. The highest BCUT2D eigenvalue weighted by atomic mass is 19.4. The molecule has 0 saturated heterocycles. The van der Waals surface area contributed by atoms with Gasteiger partial charge in [-0.2, -0.15) is 18.2 Å². The lowest BCUT2D eigenvalue weighted by atomic mass is 9.90. The first-order chi connectivity index (χ1) is 20.6. The number of carbonyl (C=O) groups excluding carboxylic acids is 1. The Balaban J connectivity index is 1.27. The number of carbonyl (C=O) groups is 1. The van der Waals surface area contributed by atoms with Gasteiger partial charge in [-0.3, -0.25) is 4.90 Å². The van der Waals surface area contributed by atoms with Crippen molar-refractivity contribution in [3.63, 3.8) is 0 Å². The molecule has 2 aliphatic carbocycles. The number of anilines is 3. The molecule has 0 bridgehead atoms. The fourth-order valence-corrected chi connectivity index (χ4v) is 4.83. The number of alkyl halides is 5. The summed E-state index contributed by atoms with van der Waals surface area (Å²) in [5, 5.41) is 8.20. The zero-order chi connectivity index (χ0) is 30.6. The van der Waals surface area contributed by atoms with Gasteiger partial charge in [0.2, 0.25) is 5.95 Å². The van der Waals surface area contributed by atoms with Crippen molar-refractivity contribution in [3.05, 3.63) is 42.5 Å². The van der Waals surface area contributed by atoms with Crippen LogP contribution in [0.15, 0.2) is 36.9 Å². The molecule has 0 aromatic carbocycles. The van der Waals surface area contributed by atoms with Gasteiger partial charge in [-0.05, 0) is 50.7 Å². The van der Waals surface area contributed by atoms with Gasteiger partial charge in [0.25, 0.3) is 6.43 Å². The third-order valence-electron chi connectivity index (χ3n) is 7.17. The molecular formula is C27H30F5N9O2. The molecule has 0 aliphatic heterocycles. The van der Waals surface area contributed by atoms with Crippen LogP contribution in [-0.2, 0) is 6.18 Å². The predicted molar refractivity (Wildman–Crippen MR) is 147 cm³/mol. The van der Waals surface area contributed by atoms with Gasteiger partial charge in [0.1, 0.15) is 17.2 Å². The van der Waals surface area contributed by atoms with Gasteiger partial charge in [0, 0.05) is 54.0 Å². The predicted octanol–water partition coefficient (Wildman–Crippen LogP) is 5.13. The highest BCUT2D eigenvalue weighted by Crippen LogP contribution is 2.36. The molecule has 0 spiro atoms. The van der Waals surface area contributed by atoms with Crippen molar-refractivity contribution in [2.75, 3.05) is 29.2 Å². The maximum atomic E-state index is 13.4. The van der Waals surface area contributed by atoms with Crippen molar-refractivity contribution in [3.8, 4) is 17.1 Å². The molecule has 11 nitrogen and oxygen atoms in total. The third kappa shape index (κ3) is 7.73. The van der Waals surface area contributed by atoms with E-state index in [1.165, 1.54) is 18.2 Å². The van der Waals surface area contributed by atoms with Crippen molar-refractivity contribution in [1.29, 1.82) is 0 Å². The number of nitrogens with one attached hydrogen (secondary N) is 3. The van der Waals surface area contributed by atoms with Gasteiger partial charge in [-0.15, -0.1) is 0 Å². The Morgan fingerprint density at radius 1 is 0.930 bits per heavy atom. The molecule has 0 radical (unpaired) electrons. The summed E-state index contributed by atoms with van der Waals surface area (Å²) in [7, 11) is 1.45. The summed E-state index contributed by atoms with van der Waals surface area (Å²) in [5.74, 6) is 0.105. The van der Waals surface area contributed by atoms with E-state index < -0.39 is 30.7 Å². The van der Waals surface area contributed by atoms with E-state index in [1.807, 2.05) is 0 Å². The molecule has 5 rings (SSSR count). The Bertz CT molecular complexity index is 1380. The smallest absolute Gasteiger partial charge is 0.421 e. The zero-order valence-corrected chi connectivity index (χ0v) is 23.1. The normalized spacial score (nSPS) is 18.7. The molecule has 3 aromatic heterocycles. The molecule has 3 heterocycles. The second kappa shape index (κ2) is 12.9. The third-order valence-corrected chi connectivity index (χ3v) is 7.17. The number of ether oxygens (including phenoxy) is 1. The first-order valence-electron chi connectivity index (χ1n) is 13.8. The van der Waals surface area contributed by atoms with Crippen LogP contribution in [0.3, 0.4) is 0 Å². The number of rotatable bonds is 10. The van der Waals surface area contributed by atoms with Crippen LogP contribution >= 0.6 is 0 Å². The second-order valence-electron chi connectivity index (χ2n) is 10.3. The number of aromatic nitrogens is 5. The molecule has 0 atom stereocenters. The van der Waals surface area contributed by atoms with Crippen molar-refractivity contribution in [2.24, 2.45) is 0 Å². The summed E-state index contributed by atoms with van der Waals surface area (Å²) in [6, 6.07) is 2.29. The Labute approximate surface area is 243 Å². The minimum Gasteiger partial charge on any atom is -0.467 e. The van der Waals surface area contributed by atoms with Gasteiger partial charge in [0.05, 0.1) is 13.7 Å². The van der Waals surface area contributed by atoms with Crippen LogP contribution in [0.5, 0.6) is 6.01 Å². The standard InChI is InChI=1S/C27H30F5N9O2/c1-43-25-35-11-16(12-36-25)15-2-9-22(33-10-15)41(26(42)37-14-21(28)29)19-7-5-18(6-8-19)39-24-34-13-20(27(30,31)32)23(40-24)38-17-3-4-17/h2,9-13,17-19,21H,3-8,14H2,1H3,(H,37,42)(H2,34,38,39,40)/t18-,19-. The van der Waals surface area contributed by atoms with E-state index in [0.717, 1.165) is 19.0 Å². The lowest BCUT2D eigenvalue weighted by Crippen LogP contribution is -2.50. The summed E-state index contributed by atoms with van der Waals surface area (Å²) in [6.45, 7) is -0.810. The number of amides is 2. The molecule has 230 valence electrons. The molecule has 2 amide bonds. The fourth-order valence-electron chi connectivity index (χ4n) is 4.83. The summed E-state index contributed by atoms with van der Waals surface area (Å²) < 4.78 is 71.1. The highest BCUT2D eigenvalue weighted by molar-refractivity contribution is 5.91. The van der Waals surface area contributed by atoms with Crippen molar-refractivity contribution in [2.45, 2.75) is 69.3 Å². The van der Waals surface area contributed by atoms with Crippen LogP contribution < -0.4 is 25.6 Å². The number of methoxy groups -OCH3 is 1. The Kier molecular flexibility index (Phi) is 9.01. The van der Waals surface area contributed by atoms with Crippen LogP contribution in [0, 0.1) is 0 Å². The molecule has 0 unspecified atom stereocenters. The fraction of sp³-hybridized carbons (Fsp3) is 0.481. The molecule has 16 heteroatoms. The van der Waals surface area contributed by atoms with Crippen molar-refractivity contribution >= 4 is 23.6 Å². The summed E-state index contributed by atoms with van der Waals surface area (Å²) >= 11 is 0. The van der Waals surface area contributed by atoms with Crippen LogP contribution in [0.2, 0.25) is 0 Å². The second-order valence-corrected chi connectivity index (χ2v) is 10.3. The maximum absolute atomic E-state index is 13.4. The largest absolute Gasteiger partial charge is 0.467 e. The first kappa shape index (κ1) is 30.1. The summed E-state index contributed by atoms with van der Waals surface area (Å²) in [6.07, 6.45) is 1.70. The lowest BCUT2D eigenvalue weighted by molar-refractivity contribution is -0.137. The average Bonchev–Trinajstić information content (AvgIpc) is 3.81. The Hall–Kier alpha value is -4.37. The van der Waals surface area contributed by atoms with Crippen molar-refractivity contribution < 1.29 is 31.5 Å². The van der Waals surface area contributed by atoms with E-state index in [1.54, 1.807) is 24.5 Å². The molecule has 2 saturated carbocycles. The molecular weight excluding hydrogens is 577 g/mol. The minimum atomic E-state index is -4.59. The van der Waals surface area contributed by atoms with Gasteiger partial charge in [-0.25, -0.2) is 33.5 Å². The lowest BCUT2D eigenvalue weighted by Gasteiger charge is -2.36. The quantitative estimate of drug-likeness (QED) is 0.269. The van der Waals surface area contributed by atoms with Crippen LogP contribution in [-0.4, -0.2) is 69.2 Å². The summed E-state index contributed by atoms with van der Waals surface area (Å²) in [5.41, 5.74) is 0.428. The van der Waals surface area contributed by atoms with E-state index in [-0.39, 0.29) is 41.7 Å². The van der Waals surface area contributed by atoms with Crippen LogP contribution in [0.1, 0.15) is 44.1 Å². The van der Waals surface area contributed by atoms with Gasteiger partial charge >= 0.3 is 18.2 Å². The number of pyridine rings is 1. The maximum Gasteiger partial charge on any atom is 0.421 e. The van der Waals surface area contributed by atoms with Crippen LogP contribution in [0.4, 0.5) is 44.3 Å². The van der Waals surface area contributed by atoms with E-state index in [0.29, 0.717) is 36.8 Å². The average molecular weight is 608 g/mol. The minimum absolute atomic E-state index is 0.0336. The molecule has 3 N–H and O–H groups in total. The number of hydrogen-bond donors (Lipinski definition) is 3.